The van der Waals surface area contributed by atoms with Crippen molar-refractivity contribution in [1.29, 1.82) is 5.26 Å². The number of thioether (sulfide) groups is 1. The van der Waals surface area contributed by atoms with Crippen LogP contribution in [0.25, 0.3) is 10.8 Å². The maximum absolute atomic E-state index is 14.8. The number of benzene rings is 2. The molecule has 1 saturated heterocycles. The minimum absolute atomic E-state index is 0.140. The number of ether oxygens (including phenoxy) is 1. The van der Waals surface area contributed by atoms with E-state index in [0.717, 1.165) is 28.1 Å². The summed E-state index contributed by atoms with van der Waals surface area (Å²) in [5.74, 6) is 0.458. The maximum Gasteiger partial charge on any atom is 0.410 e. The van der Waals surface area contributed by atoms with E-state index < -0.39 is 17.5 Å². The molecule has 1 atom stereocenters. The van der Waals surface area contributed by atoms with Crippen molar-refractivity contribution in [2.75, 3.05) is 42.2 Å². The molecule has 0 radical (unpaired) electrons. The number of carbonyl (C=O) groups is 1. The zero-order valence-electron chi connectivity index (χ0n) is 24.0. The van der Waals surface area contributed by atoms with Crippen LogP contribution in [-0.4, -0.2) is 65.0 Å². The molecule has 2 aromatic carbocycles. The van der Waals surface area contributed by atoms with Crippen molar-refractivity contribution in [2.24, 2.45) is 0 Å². The van der Waals surface area contributed by atoms with E-state index in [0.29, 0.717) is 55.3 Å². The Morgan fingerprint density at radius 2 is 2.02 bits per heavy atom. The van der Waals surface area contributed by atoms with Gasteiger partial charge in [0.25, 0.3) is 0 Å². The molecule has 41 heavy (non-hydrogen) atoms. The van der Waals surface area contributed by atoms with Gasteiger partial charge >= 0.3 is 6.09 Å². The number of amides is 1. The molecule has 11 heteroatoms. The zero-order valence-corrected chi connectivity index (χ0v) is 25.6. The highest BCUT2D eigenvalue weighted by Crippen LogP contribution is 2.39. The summed E-state index contributed by atoms with van der Waals surface area (Å²) in [5.41, 5.74) is 2.76. The van der Waals surface area contributed by atoms with Crippen molar-refractivity contribution in [2.45, 2.75) is 63.9 Å². The lowest BCUT2D eigenvalue weighted by atomic mass is 10.0. The summed E-state index contributed by atoms with van der Waals surface area (Å²) in [6.45, 7) is 9.93. The molecule has 0 unspecified atom stereocenters. The fourth-order valence-electron chi connectivity index (χ4n) is 5.60. The fraction of sp³-hybridized carbons (Fsp3) is 0.467. The van der Waals surface area contributed by atoms with Crippen molar-refractivity contribution in [3.8, 4) is 6.07 Å². The smallest absolute Gasteiger partial charge is 0.410 e. The average molecular weight is 597 g/mol. The van der Waals surface area contributed by atoms with E-state index in [1.54, 1.807) is 11.8 Å². The number of piperazine rings is 1. The van der Waals surface area contributed by atoms with E-state index in [1.165, 1.54) is 11.8 Å². The Kier molecular flexibility index (Phi) is 8.22. The number of carbonyl (C=O) groups excluding carboxylic acids is 1. The molecule has 1 amide bonds. The van der Waals surface area contributed by atoms with Gasteiger partial charge in [0.05, 0.1) is 35.8 Å². The highest BCUT2D eigenvalue weighted by Gasteiger charge is 2.36. The molecule has 216 valence electrons. The third kappa shape index (κ3) is 5.88. The molecule has 0 N–H and O–H groups in total. The van der Waals surface area contributed by atoms with E-state index in [9.17, 15) is 14.4 Å². The molecule has 1 aromatic heterocycles. The van der Waals surface area contributed by atoms with Gasteiger partial charge in [0.1, 0.15) is 17.2 Å². The van der Waals surface area contributed by atoms with Gasteiger partial charge in [-0.3, -0.25) is 0 Å². The highest BCUT2D eigenvalue weighted by atomic mass is 35.5. The Balaban J connectivity index is 1.46. The van der Waals surface area contributed by atoms with Gasteiger partial charge < -0.3 is 19.4 Å². The molecule has 1 fully saturated rings. The number of nitrogens with zero attached hydrogens (tertiary/aromatic N) is 6. The topological polar surface area (TPSA) is 85.6 Å². The number of hydrogen-bond acceptors (Lipinski definition) is 8. The number of aromatic nitrogens is 2. The molecule has 0 aliphatic carbocycles. The van der Waals surface area contributed by atoms with Crippen LogP contribution < -0.4 is 9.80 Å². The van der Waals surface area contributed by atoms with Gasteiger partial charge in [0.15, 0.2) is 5.16 Å². The van der Waals surface area contributed by atoms with E-state index in [1.807, 2.05) is 51.3 Å². The Labute approximate surface area is 249 Å². The van der Waals surface area contributed by atoms with Crippen molar-refractivity contribution >= 4 is 51.7 Å². The summed E-state index contributed by atoms with van der Waals surface area (Å²) in [4.78, 5) is 28.7. The highest BCUT2D eigenvalue weighted by molar-refractivity contribution is 7.98. The van der Waals surface area contributed by atoms with Crippen LogP contribution in [0.3, 0.4) is 0 Å². The minimum Gasteiger partial charge on any atom is -0.444 e. The molecule has 5 rings (SSSR count). The molecular weight excluding hydrogens is 563 g/mol. The third-order valence-corrected chi connectivity index (χ3v) is 8.39. The van der Waals surface area contributed by atoms with Crippen LogP contribution in [0, 0.1) is 24.1 Å². The summed E-state index contributed by atoms with van der Waals surface area (Å²) in [6, 6.07) is 9.66. The summed E-state index contributed by atoms with van der Waals surface area (Å²) in [6.07, 6.45) is 2.43. The summed E-state index contributed by atoms with van der Waals surface area (Å²) in [5, 5.41) is 11.9. The van der Waals surface area contributed by atoms with Gasteiger partial charge in [-0.05, 0) is 63.5 Å². The van der Waals surface area contributed by atoms with E-state index in [2.05, 4.69) is 15.9 Å². The lowest BCUT2D eigenvalue weighted by molar-refractivity contribution is 0.0144. The lowest BCUT2D eigenvalue weighted by Gasteiger charge is -2.42. The molecule has 3 heterocycles. The first-order chi connectivity index (χ1) is 19.5. The first-order valence-electron chi connectivity index (χ1n) is 13.7. The van der Waals surface area contributed by atoms with Crippen LogP contribution in [0.2, 0.25) is 5.02 Å². The van der Waals surface area contributed by atoms with Gasteiger partial charge in [-0.25, -0.2) is 19.2 Å². The Morgan fingerprint density at radius 3 is 2.73 bits per heavy atom. The maximum atomic E-state index is 14.8. The minimum atomic E-state index is -0.616. The molecule has 2 aliphatic rings. The SMILES string of the molecule is CSc1nc2c(c(N3CCN(C(=O)OC(C)(C)C)[C@@H](CC#N)C3)n1)CCN(c1cccc3cc(C)c(F)c(Cl)c13)C2. The first kappa shape index (κ1) is 29.2. The summed E-state index contributed by atoms with van der Waals surface area (Å²) >= 11 is 8.02. The predicted octanol–water partition coefficient (Wildman–Crippen LogP) is 6.35. The number of hydrogen-bond donors (Lipinski definition) is 0. The van der Waals surface area contributed by atoms with Crippen molar-refractivity contribution < 1.29 is 13.9 Å². The van der Waals surface area contributed by atoms with Gasteiger partial charge in [0.2, 0.25) is 0 Å². The molecule has 2 aliphatic heterocycles. The van der Waals surface area contributed by atoms with Gasteiger partial charge in [0, 0.05) is 42.8 Å². The van der Waals surface area contributed by atoms with E-state index in [4.69, 9.17) is 26.3 Å². The van der Waals surface area contributed by atoms with Gasteiger partial charge in [-0.15, -0.1) is 0 Å². The molecule has 8 nitrogen and oxygen atoms in total. The Bertz CT molecular complexity index is 1540. The van der Waals surface area contributed by atoms with E-state index >= 15 is 0 Å². The number of aryl methyl sites for hydroxylation is 1. The monoisotopic (exact) mass is 596 g/mol. The molecule has 0 spiro atoms. The van der Waals surface area contributed by atoms with Crippen LogP contribution in [0.4, 0.5) is 20.7 Å². The summed E-state index contributed by atoms with van der Waals surface area (Å²) in [7, 11) is 0. The van der Waals surface area contributed by atoms with Crippen molar-refractivity contribution in [3.63, 3.8) is 0 Å². The van der Waals surface area contributed by atoms with Crippen molar-refractivity contribution in [3.05, 3.63) is 51.9 Å². The molecule has 0 bridgehead atoms. The number of anilines is 2. The molecule has 3 aromatic rings. The van der Waals surface area contributed by atoms with Crippen LogP contribution in [0.15, 0.2) is 29.4 Å². The number of nitriles is 1. The number of fused-ring (bicyclic) bond motifs is 2. The van der Waals surface area contributed by atoms with Gasteiger partial charge in [-0.1, -0.05) is 35.5 Å². The molecular formula is C30H34ClFN6O2S. The second-order valence-electron chi connectivity index (χ2n) is 11.5. The average Bonchev–Trinajstić information content (AvgIpc) is 2.93. The van der Waals surface area contributed by atoms with Crippen LogP contribution in [0.1, 0.15) is 44.0 Å². The Morgan fingerprint density at radius 1 is 1.24 bits per heavy atom. The summed E-state index contributed by atoms with van der Waals surface area (Å²) < 4.78 is 20.4. The van der Waals surface area contributed by atoms with E-state index in [-0.39, 0.29) is 17.5 Å². The predicted molar refractivity (Wildman–Crippen MR) is 161 cm³/mol. The lowest BCUT2D eigenvalue weighted by Crippen LogP contribution is -2.56. The molecule has 0 saturated carbocycles. The van der Waals surface area contributed by atoms with Crippen LogP contribution in [-0.2, 0) is 17.7 Å². The van der Waals surface area contributed by atoms with Crippen molar-refractivity contribution in [1.82, 2.24) is 14.9 Å². The second kappa shape index (κ2) is 11.5. The standard InChI is InChI=1S/C30H34ClFN6O2S/c1-18-15-19-7-6-8-23(24(19)25(31)26(18)32)36-12-10-21-22(17-36)34-28(41-5)35-27(21)37-13-14-38(20(16-37)9-11-33)29(39)40-30(2,3)4/h6-8,15,20H,9-10,12-14,16-17H2,1-5H3/t20-/m0/s1. The third-order valence-electron chi connectivity index (χ3n) is 7.49. The van der Waals surface area contributed by atoms with Crippen LogP contribution >= 0.6 is 23.4 Å². The largest absolute Gasteiger partial charge is 0.444 e. The zero-order chi connectivity index (χ0) is 29.5. The normalized spacial score (nSPS) is 17.4. The Hall–Kier alpha value is -3.29. The quantitative estimate of drug-likeness (QED) is 0.254. The van der Waals surface area contributed by atoms with Crippen LogP contribution in [0.5, 0.6) is 0 Å². The second-order valence-corrected chi connectivity index (χ2v) is 12.6. The fourth-order valence-corrected chi connectivity index (χ4v) is 6.33. The number of rotatable bonds is 4. The van der Waals surface area contributed by atoms with Gasteiger partial charge in [-0.2, -0.15) is 5.26 Å². The first-order valence-corrected chi connectivity index (χ1v) is 15.3. The number of halogens is 2.